The number of hydrogen-bond donors (Lipinski definition) is 1. The van der Waals surface area contributed by atoms with Gasteiger partial charge in [-0.3, -0.25) is 9.69 Å². The number of carbonyl (C=O) groups is 2. The van der Waals surface area contributed by atoms with Crippen LogP contribution in [-0.2, 0) is 11.3 Å². The van der Waals surface area contributed by atoms with Crippen LogP contribution in [-0.4, -0.2) is 37.4 Å². The Morgan fingerprint density at radius 1 is 1.20 bits per heavy atom. The van der Waals surface area contributed by atoms with Crippen LogP contribution < -0.4 is 5.32 Å². The summed E-state index contributed by atoms with van der Waals surface area (Å²) in [4.78, 5) is 26.2. The Morgan fingerprint density at radius 3 is 2.76 bits per heavy atom. The van der Waals surface area contributed by atoms with Gasteiger partial charge in [-0.25, -0.2) is 13.9 Å². The van der Waals surface area contributed by atoms with Gasteiger partial charge in [-0.15, -0.1) is 5.10 Å². The van der Waals surface area contributed by atoms with Crippen LogP contribution >= 0.6 is 0 Å². The molecule has 3 amide bonds. The number of rotatable bonds is 3. The molecule has 1 N–H and O–H groups in total. The van der Waals surface area contributed by atoms with E-state index in [0.717, 1.165) is 19.3 Å². The van der Waals surface area contributed by atoms with Crippen LogP contribution in [0.15, 0.2) is 30.5 Å². The van der Waals surface area contributed by atoms with E-state index >= 15 is 0 Å². The summed E-state index contributed by atoms with van der Waals surface area (Å²) in [5.74, 6) is -0.555. The number of halogens is 1. The van der Waals surface area contributed by atoms with Crippen molar-refractivity contribution in [3.05, 3.63) is 42.0 Å². The largest absolute Gasteiger partial charge is 0.325 e. The van der Waals surface area contributed by atoms with Gasteiger partial charge >= 0.3 is 6.03 Å². The highest BCUT2D eigenvalue weighted by molar-refractivity contribution is 6.07. The molecule has 1 aromatic heterocycles. The Balaban J connectivity index is 1.53. The molecule has 1 aliphatic carbocycles. The minimum atomic E-state index is -0.742. The third kappa shape index (κ3) is 2.77. The number of benzene rings is 1. The Hall–Kier alpha value is -2.77. The first-order valence-corrected chi connectivity index (χ1v) is 8.39. The molecule has 0 bridgehead atoms. The maximum Gasteiger partial charge on any atom is 0.325 e. The van der Waals surface area contributed by atoms with Crippen LogP contribution in [0.2, 0.25) is 0 Å². The van der Waals surface area contributed by atoms with E-state index in [4.69, 9.17) is 0 Å². The lowest BCUT2D eigenvalue weighted by Crippen LogP contribution is -2.48. The first-order chi connectivity index (χ1) is 12.1. The number of nitrogens with one attached hydrogen (secondary N) is 1. The molecule has 130 valence electrons. The summed E-state index contributed by atoms with van der Waals surface area (Å²) in [6.45, 7) is 0.0573. The molecule has 1 saturated heterocycles. The zero-order chi connectivity index (χ0) is 17.4. The van der Waals surface area contributed by atoms with E-state index in [2.05, 4.69) is 15.6 Å². The van der Waals surface area contributed by atoms with Crippen LogP contribution in [0.3, 0.4) is 0 Å². The topological polar surface area (TPSA) is 80.1 Å². The molecule has 2 fully saturated rings. The molecule has 1 aromatic carbocycles. The van der Waals surface area contributed by atoms with E-state index in [1.807, 2.05) is 0 Å². The highest BCUT2D eigenvalue weighted by Gasteiger charge is 2.51. The average Bonchev–Trinajstić information content (AvgIpc) is 3.16. The molecule has 2 aromatic rings. The van der Waals surface area contributed by atoms with Crippen molar-refractivity contribution in [2.24, 2.45) is 0 Å². The molecule has 2 aliphatic rings. The van der Waals surface area contributed by atoms with E-state index in [-0.39, 0.29) is 24.3 Å². The lowest BCUT2D eigenvalue weighted by atomic mass is 9.82. The van der Waals surface area contributed by atoms with E-state index < -0.39 is 5.54 Å². The molecule has 8 heteroatoms. The number of imide groups is 1. The van der Waals surface area contributed by atoms with E-state index in [9.17, 15) is 14.0 Å². The number of nitrogens with zero attached hydrogens (tertiary/aromatic N) is 4. The Labute approximate surface area is 143 Å². The van der Waals surface area contributed by atoms with Gasteiger partial charge in [-0.2, -0.15) is 0 Å². The standard InChI is InChI=1S/C17H18FN5O2/c18-12-5-4-6-14(9-12)23-11-13(20-21-23)10-22-15(24)17(19-16(22)25)7-2-1-3-8-17/h4-6,9,11H,1-3,7-8,10H2,(H,19,25). The lowest BCUT2D eigenvalue weighted by Gasteiger charge is -2.30. The number of aromatic nitrogens is 3. The van der Waals surface area contributed by atoms with Crippen molar-refractivity contribution in [2.75, 3.05) is 0 Å². The number of urea groups is 1. The maximum absolute atomic E-state index is 13.3. The summed E-state index contributed by atoms with van der Waals surface area (Å²) in [5, 5.41) is 10.8. The zero-order valence-electron chi connectivity index (χ0n) is 13.6. The van der Waals surface area contributed by atoms with E-state index in [1.165, 1.54) is 21.7 Å². The molecule has 1 aliphatic heterocycles. The van der Waals surface area contributed by atoms with Crippen molar-refractivity contribution in [3.8, 4) is 5.69 Å². The Morgan fingerprint density at radius 2 is 2.00 bits per heavy atom. The number of amides is 3. The van der Waals surface area contributed by atoms with E-state index in [1.54, 1.807) is 18.3 Å². The Kier molecular flexibility index (Phi) is 3.74. The fraction of sp³-hybridized carbons (Fsp3) is 0.412. The molecule has 4 rings (SSSR count). The van der Waals surface area contributed by atoms with Gasteiger partial charge in [-0.05, 0) is 31.0 Å². The highest BCUT2D eigenvalue weighted by Crippen LogP contribution is 2.34. The second-order valence-corrected chi connectivity index (χ2v) is 6.60. The summed E-state index contributed by atoms with van der Waals surface area (Å²) in [7, 11) is 0. The molecule has 25 heavy (non-hydrogen) atoms. The fourth-order valence-corrected chi connectivity index (χ4v) is 3.59. The maximum atomic E-state index is 13.3. The quantitative estimate of drug-likeness (QED) is 0.866. The smallest absolute Gasteiger partial charge is 0.323 e. The van der Waals surface area contributed by atoms with Crippen LogP contribution in [0.1, 0.15) is 37.8 Å². The monoisotopic (exact) mass is 343 g/mol. The van der Waals surface area contributed by atoms with Gasteiger partial charge < -0.3 is 5.32 Å². The first-order valence-electron chi connectivity index (χ1n) is 8.39. The van der Waals surface area contributed by atoms with Gasteiger partial charge in [-0.1, -0.05) is 30.5 Å². The van der Waals surface area contributed by atoms with E-state index in [0.29, 0.717) is 24.2 Å². The molecule has 1 saturated carbocycles. The molecule has 2 heterocycles. The van der Waals surface area contributed by atoms with Gasteiger partial charge in [0.25, 0.3) is 5.91 Å². The van der Waals surface area contributed by atoms with Gasteiger partial charge in [0.2, 0.25) is 0 Å². The average molecular weight is 343 g/mol. The van der Waals surface area contributed by atoms with Gasteiger partial charge in [0, 0.05) is 0 Å². The third-order valence-corrected chi connectivity index (χ3v) is 4.89. The molecule has 0 unspecified atom stereocenters. The zero-order valence-corrected chi connectivity index (χ0v) is 13.6. The van der Waals surface area contributed by atoms with Gasteiger partial charge in [0.1, 0.15) is 17.1 Å². The predicted octanol–water partition coefficient (Wildman–Crippen LogP) is 2.16. The second kappa shape index (κ2) is 5.94. The minimum Gasteiger partial charge on any atom is -0.323 e. The normalized spacial score (nSPS) is 19.5. The van der Waals surface area contributed by atoms with Crippen molar-refractivity contribution in [3.63, 3.8) is 0 Å². The molecule has 1 spiro atoms. The van der Waals surface area contributed by atoms with Crippen molar-refractivity contribution in [1.82, 2.24) is 25.2 Å². The summed E-state index contributed by atoms with van der Waals surface area (Å²) >= 11 is 0. The van der Waals surface area contributed by atoms with Crippen molar-refractivity contribution < 1.29 is 14.0 Å². The number of hydrogen-bond acceptors (Lipinski definition) is 4. The molecular formula is C17H18FN5O2. The fourth-order valence-electron chi connectivity index (χ4n) is 3.59. The minimum absolute atomic E-state index is 0.0573. The molecule has 0 radical (unpaired) electrons. The lowest BCUT2D eigenvalue weighted by molar-refractivity contribution is -0.132. The second-order valence-electron chi connectivity index (χ2n) is 6.60. The summed E-state index contributed by atoms with van der Waals surface area (Å²) in [5.41, 5.74) is 0.258. The summed E-state index contributed by atoms with van der Waals surface area (Å²) in [6.07, 6.45) is 5.94. The van der Waals surface area contributed by atoms with Crippen molar-refractivity contribution >= 4 is 11.9 Å². The Bertz CT molecular complexity index is 828. The SMILES string of the molecule is O=C1NC2(CCCCC2)C(=O)N1Cc1cn(-c2cccc(F)c2)nn1. The molecule has 0 atom stereocenters. The highest BCUT2D eigenvalue weighted by atomic mass is 19.1. The molecular weight excluding hydrogens is 325 g/mol. The van der Waals surface area contributed by atoms with Crippen LogP contribution in [0, 0.1) is 5.82 Å². The van der Waals surface area contributed by atoms with Gasteiger partial charge in [0.15, 0.2) is 0 Å². The summed E-state index contributed by atoms with van der Waals surface area (Å²) in [6, 6.07) is 5.58. The van der Waals surface area contributed by atoms with Gasteiger partial charge in [0.05, 0.1) is 18.4 Å². The summed E-state index contributed by atoms with van der Waals surface area (Å²) < 4.78 is 14.7. The number of carbonyl (C=O) groups excluding carboxylic acids is 2. The van der Waals surface area contributed by atoms with Crippen molar-refractivity contribution in [2.45, 2.75) is 44.2 Å². The first kappa shape index (κ1) is 15.7. The van der Waals surface area contributed by atoms with Crippen LogP contribution in [0.4, 0.5) is 9.18 Å². The van der Waals surface area contributed by atoms with Crippen LogP contribution in [0.25, 0.3) is 5.69 Å². The third-order valence-electron chi connectivity index (χ3n) is 4.89. The predicted molar refractivity (Wildman–Crippen MR) is 86.2 cm³/mol. The van der Waals surface area contributed by atoms with Crippen molar-refractivity contribution in [1.29, 1.82) is 0 Å². The van der Waals surface area contributed by atoms with Crippen LogP contribution in [0.5, 0.6) is 0 Å². The molecule has 7 nitrogen and oxygen atoms in total.